The fraction of sp³-hybridized carbons (Fsp3) is 0.400. The molecule has 1 aromatic carbocycles. The summed E-state index contributed by atoms with van der Waals surface area (Å²) in [6.07, 6.45) is 1.62. The summed E-state index contributed by atoms with van der Waals surface area (Å²) in [5.41, 5.74) is 5.13. The van der Waals surface area contributed by atoms with Crippen LogP contribution in [0.25, 0.3) is 0 Å². The highest BCUT2D eigenvalue weighted by molar-refractivity contribution is 5.86. The summed E-state index contributed by atoms with van der Waals surface area (Å²) in [7, 11) is 0. The maximum atomic E-state index is 11.6. The summed E-state index contributed by atoms with van der Waals surface area (Å²) in [5, 5.41) is 7.83. The molecule has 20 heavy (non-hydrogen) atoms. The minimum Gasteiger partial charge on any atom is -0.461 e. The van der Waals surface area contributed by atoms with Crippen molar-refractivity contribution in [2.75, 3.05) is 6.61 Å². The molecule has 2 rings (SSSR count). The minimum atomic E-state index is -0.434. The predicted molar refractivity (Wildman–Crippen MR) is 75.7 cm³/mol. The monoisotopic (exact) mass is 273 g/mol. The van der Waals surface area contributed by atoms with Crippen LogP contribution in [0.2, 0.25) is 0 Å². The van der Waals surface area contributed by atoms with Crippen molar-refractivity contribution in [3.63, 3.8) is 0 Å². The zero-order valence-corrected chi connectivity index (χ0v) is 12.3. The van der Waals surface area contributed by atoms with E-state index in [0.717, 1.165) is 0 Å². The first kappa shape index (κ1) is 14.2. The van der Waals surface area contributed by atoms with Crippen molar-refractivity contribution >= 4 is 5.97 Å². The van der Waals surface area contributed by atoms with E-state index in [4.69, 9.17) is 4.74 Å². The van der Waals surface area contributed by atoms with Gasteiger partial charge in [0.2, 0.25) is 0 Å². The number of rotatable bonds is 4. The molecule has 0 unspecified atom stereocenters. The number of nitrogens with zero attached hydrogens (tertiary/aromatic N) is 3. The lowest BCUT2D eigenvalue weighted by atomic mass is 10.00. The van der Waals surface area contributed by atoms with Gasteiger partial charge in [0.25, 0.3) is 0 Å². The Bertz CT molecular complexity index is 609. The summed E-state index contributed by atoms with van der Waals surface area (Å²) in [6, 6.07) is 4.29. The van der Waals surface area contributed by atoms with Crippen molar-refractivity contribution in [2.24, 2.45) is 0 Å². The smallest absolute Gasteiger partial charge is 0.360 e. The average Bonchev–Trinajstić information content (AvgIpc) is 2.82. The Kier molecular flexibility index (Phi) is 4.17. The van der Waals surface area contributed by atoms with E-state index in [1.54, 1.807) is 17.8 Å². The van der Waals surface area contributed by atoms with E-state index in [9.17, 15) is 4.79 Å². The molecule has 5 heteroatoms. The lowest BCUT2D eigenvalue weighted by Crippen LogP contribution is -2.06. The summed E-state index contributed by atoms with van der Waals surface area (Å²) in [5.74, 6) is -0.434. The molecule has 0 atom stereocenters. The molecular weight excluding hydrogens is 254 g/mol. The van der Waals surface area contributed by atoms with E-state index in [1.165, 1.54) is 22.3 Å². The first-order chi connectivity index (χ1) is 9.51. The van der Waals surface area contributed by atoms with Gasteiger partial charge in [0.15, 0.2) is 5.69 Å². The first-order valence-electron chi connectivity index (χ1n) is 6.65. The first-order valence-corrected chi connectivity index (χ1v) is 6.65. The topological polar surface area (TPSA) is 57.0 Å². The van der Waals surface area contributed by atoms with E-state index in [0.29, 0.717) is 13.2 Å². The van der Waals surface area contributed by atoms with Crippen LogP contribution in [0.5, 0.6) is 0 Å². The van der Waals surface area contributed by atoms with Gasteiger partial charge < -0.3 is 4.74 Å². The lowest BCUT2D eigenvalue weighted by Gasteiger charge is -2.10. The van der Waals surface area contributed by atoms with Crippen molar-refractivity contribution in [2.45, 2.75) is 34.2 Å². The standard InChI is InChI=1S/C15H19N3O2/c1-5-20-15(19)14-9-18(17-16-14)8-13-11(3)6-10(2)7-12(13)4/h6-7,9H,5,8H2,1-4H3. The fourth-order valence-corrected chi connectivity index (χ4v) is 2.30. The molecule has 106 valence electrons. The van der Waals surface area contributed by atoms with Crippen molar-refractivity contribution < 1.29 is 9.53 Å². The quantitative estimate of drug-likeness (QED) is 0.803. The Morgan fingerprint density at radius 3 is 2.50 bits per heavy atom. The third-order valence-corrected chi connectivity index (χ3v) is 3.18. The average molecular weight is 273 g/mol. The molecule has 0 spiro atoms. The summed E-state index contributed by atoms with van der Waals surface area (Å²) >= 11 is 0. The predicted octanol–water partition coefficient (Wildman–Crippen LogP) is 2.43. The van der Waals surface area contributed by atoms with E-state index in [2.05, 4.69) is 43.2 Å². The Hall–Kier alpha value is -2.17. The van der Waals surface area contributed by atoms with Gasteiger partial charge in [0, 0.05) is 0 Å². The zero-order chi connectivity index (χ0) is 14.7. The highest BCUT2D eigenvalue weighted by Crippen LogP contribution is 2.17. The molecule has 1 heterocycles. The molecule has 0 radical (unpaired) electrons. The van der Waals surface area contributed by atoms with Crippen molar-refractivity contribution in [1.82, 2.24) is 15.0 Å². The van der Waals surface area contributed by atoms with Crippen molar-refractivity contribution in [1.29, 1.82) is 0 Å². The van der Waals surface area contributed by atoms with Gasteiger partial charge in [0.1, 0.15) is 0 Å². The van der Waals surface area contributed by atoms with Gasteiger partial charge in [-0.15, -0.1) is 5.10 Å². The highest BCUT2D eigenvalue weighted by Gasteiger charge is 2.12. The number of esters is 1. The van der Waals surface area contributed by atoms with Crippen LogP contribution in [0.1, 0.15) is 39.7 Å². The van der Waals surface area contributed by atoms with Crippen LogP contribution < -0.4 is 0 Å². The van der Waals surface area contributed by atoms with Crippen LogP contribution in [0.4, 0.5) is 0 Å². The van der Waals surface area contributed by atoms with Crippen molar-refractivity contribution in [3.05, 3.63) is 46.3 Å². The molecule has 0 aliphatic heterocycles. The van der Waals surface area contributed by atoms with Crippen LogP contribution in [0, 0.1) is 20.8 Å². The number of hydrogen-bond acceptors (Lipinski definition) is 4. The van der Waals surface area contributed by atoms with Gasteiger partial charge in [-0.3, -0.25) is 0 Å². The zero-order valence-electron chi connectivity index (χ0n) is 12.3. The maximum absolute atomic E-state index is 11.6. The Morgan fingerprint density at radius 2 is 1.90 bits per heavy atom. The summed E-state index contributed by atoms with van der Waals surface area (Å²) in [6.45, 7) is 8.95. The number of aryl methyl sites for hydroxylation is 3. The second-order valence-electron chi connectivity index (χ2n) is 4.90. The Morgan fingerprint density at radius 1 is 1.25 bits per heavy atom. The Labute approximate surface area is 118 Å². The third-order valence-electron chi connectivity index (χ3n) is 3.18. The van der Waals surface area contributed by atoms with E-state index < -0.39 is 5.97 Å². The molecule has 1 aromatic heterocycles. The van der Waals surface area contributed by atoms with Gasteiger partial charge in [-0.05, 0) is 44.4 Å². The van der Waals surface area contributed by atoms with E-state index >= 15 is 0 Å². The van der Waals surface area contributed by atoms with Gasteiger partial charge in [-0.2, -0.15) is 0 Å². The van der Waals surface area contributed by atoms with Crippen LogP contribution >= 0.6 is 0 Å². The molecule has 0 amide bonds. The van der Waals surface area contributed by atoms with E-state index in [1.807, 2.05) is 0 Å². The van der Waals surface area contributed by atoms with Crippen LogP contribution in [-0.2, 0) is 11.3 Å². The third kappa shape index (κ3) is 3.04. The second-order valence-corrected chi connectivity index (χ2v) is 4.90. The Balaban J connectivity index is 2.21. The largest absolute Gasteiger partial charge is 0.461 e. The number of carbonyl (C=O) groups is 1. The van der Waals surface area contributed by atoms with E-state index in [-0.39, 0.29) is 5.69 Å². The number of aromatic nitrogens is 3. The SMILES string of the molecule is CCOC(=O)c1cn(Cc2c(C)cc(C)cc2C)nn1. The highest BCUT2D eigenvalue weighted by atomic mass is 16.5. The number of ether oxygens (including phenoxy) is 1. The van der Waals surface area contributed by atoms with Crippen LogP contribution in [0.3, 0.4) is 0 Å². The number of hydrogen-bond donors (Lipinski definition) is 0. The number of carbonyl (C=O) groups excluding carboxylic acids is 1. The molecule has 0 saturated carbocycles. The summed E-state index contributed by atoms with van der Waals surface area (Å²) < 4.78 is 6.56. The molecule has 0 fully saturated rings. The normalized spacial score (nSPS) is 10.6. The van der Waals surface area contributed by atoms with Crippen LogP contribution in [0.15, 0.2) is 18.3 Å². The second kappa shape index (κ2) is 5.86. The van der Waals surface area contributed by atoms with Crippen LogP contribution in [-0.4, -0.2) is 27.6 Å². The maximum Gasteiger partial charge on any atom is 0.360 e. The lowest BCUT2D eigenvalue weighted by molar-refractivity contribution is 0.0519. The molecule has 0 saturated heterocycles. The summed E-state index contributed by atoms with van der Waals surface area (Å²) in [4.78, 5) is 11.6. The molecular formula is C15H19N3O2. The molecule has 2 aromatic rings. The van der Waals surface area contributed by atoms with Gasteiger partial charge in [0.05, 0.1) is 19.3 Å². The number of benzene rings is 1. The molecule has 0 aliphatic carbocycles. The fourth-order valence-electron chi connectivity index (χ4n) is 2.30. The van der Waals surface area contributed by atoms with Crippen molar-refractivity contribution in [3.8, 4) is 0 Å². The molecule has 5 nitrogen and oxygen atoms in total. The minimum absolute atomic E-state index is 0.245. The molecule has 0 N–H and O–H groups in total. The molecule has 0 aliphatic rings. The van der Waals surface area contributed by atoms with Gasteiger partial charge >= 0.3 is 5.97 Å². The van der Waals surface area contributed by atoms with Gasteiger partial charge in [-0.1, -0.05) is 22.9 Å². The van der Waals surface area contributed by atoms with Gasteiger partial charge in [-0.25, -0.2) is 9.48 Å². The molecule has 0 bridgehead atoms.